The van der Waals surface area contributed by atoms with Crippen LogP contribution in [0.5, 0.6) is 0 Å². The van der Waals surface area contributed by atoms with Crippen molar-refractivity contribution >= 4 is 11.4 Å². The molecule has 1 heterocycles. The molecule has 0 saturated heterocycles. The van der Waals surface area contributed by atoms with E-state index in [2.05, 4.69) is 174 Å². The van der Waals surface area contributed by atoms with Crippen molar-refractivity contribution < 1.29 is 0 Å². The molecule has 0 radical (unpaired) electrons. The average molecular weight is 602 g/mol. The number of para-hydroxylation sites is 1. The molecule has 1 aliphatic carbocycles. The molecule has 232 valence electrons. The van der Waals surface area contributed by atoms with Crippen LogP contribution in [0.3, 0.4) is 0 Å². The second-order valence-corrected chi connectivity index (χ2v) is 13.9. The van der Waals surface area contributed by atoms with E-state index in [0.717, 1.165) is 18.5 Å². The summed E-state index contributed by atoms with van der Waals surface area (Å²) in [6.07, 6.45) is 4.43. The molecular weight excluding hydrogens is 555 g/mol. The lowest BCUT2D eigenvalue weighted by Gasteiger charge is -2.32. The molecular formula is C45H47N. The molecule has 0 amide bonds. The molecule has 1 atom stereocenters. The van der Waals surface area contributed by atoms with Crippen molar-refractivity contribution in [2.45, 2.75) is 70.1 Å². The van der Waals surface area contributed by atoms with Gasteiger partial charge >= 0.3 is 0 Å². The van der Waals surface area contributed by atoms with E-state index in [1.807, 2.05) is 0 Å². The standard InChI is InChI=1S/C43H43N.C2H4/c1-30-26-34-19-21-39(29-41(34)44(30)40-14-10-7-11-15-40)43(4,5)37-24-22-36(23-25-37)42(2,3)38-20-18-32-16-17-33(27-35(32)28-38)31-12-8-6-9-13-31;1-2/h6-15,18-25,28-29,33H,1,16-17,26-27H2,2-5H3;1-2H2. The molecule has 0 N–H and O–H groups in total. The average Bonchev–Trinajstić information content (AvgIpc) is 3.44. The molecule has 5 aromatic rings. The van der Waals surface area contributed by atoms with Crippen molar-refractivity contribution in [2.75, 3.05) is 4.90 Å². The Bertz CT molecular complexity index is 1830. The number of fused-ring (bicyclic) bond motifs is 2. The Balaban J connectivity index is 0.00000182. The Kier molecular flexibility index (Phi) is 8.62. The molecule has 0 saturated carbocycles. The predicted molar refractivity (Wildman–Crippen MR) is 197 cm³/mol. The summed E-state index contributed by atoms with van der Waals surface area (Å²) in [5, 5.41) is 0. The minimum Gasteiger partial charge on any atom is -0.314 e. The van der Waals surface area contributed by atoms with Gasteiger partial charge in [-0.3, -0.25) is 0 Å². The quantitative estimate of drug-likeness (QED) is 0.175. The first-order valence-electron chi connectivity index (χ1n) is 16.7. The van der Waals surface area contributed by atoms with Gasteiger partial charge in [0.05, 0.1) is 0 Å². The van der Waals surface area contributed by atoms with E-state index in [0.29, 0.717) is 5.92 Å². The Morgan fingerprint density at radius 2 is 1.11 bits per heavy atom. The number of nitrogens with zero attached hydrogens (tertiary/aromatic N) is 1. The summed E-state index contributed by atoms with van der Waals surface area (Å²) in [5.41, 5.74) is 14.6. The van der Waals surface area contributed by atoms with Gasteiger partial charge in [0, 0.05) is 34.3 Å². The zero-order valence-corrected chi connectivity index (χ0v) is 28.0. The van der Waals surface area contributed by atoms with Crippen molar-refractivity contribution in [3.63, 3.8) is 0 Å². The number of anilines is 2. The van der Waals surface area contributed by atoms with Gasteiger partial charge in [0.2, 0.25) is 0 Å². The normalized spacial score (nSPS) is 15.9. The summed E-state index contributed by atoms with van der Waals surface area (Å²) >= 11 is 0. The lowest BCUT2D eigenvalue weighted by Crippen LogP contribution is -2.22. The van der Waals surface area contributed by atoms with Crippen LogP contribution in [-0.2, 0) is 30.1 Å². The highest BCUT2D eigenvalue weighted by atomic mass is 15.2. The van der Waals surface area contributed by atoms with Gasteiger partial charge < -0.3 is 4.90 Å². The highest BCUT2D eigenvalue weighted by Gasteiger charge is 2.31. The molecule has 5 aromatic carbocycles. The van der Waals surface area contributed by atoms with Crippen LogP contribution in [0.25, 0.3) is 0 Å². The van der Waals surface area contributed by atoms with Gasteiger partial charge in [-0.1, -0.05) is 137 Å². The highest BCUT2D eigenvalue weighted by molar-refractivity contribution is 5.76. The SMILES string of the molecule is C=C.C=C1Cc2ccc(C(C)(C)c3ccc(C(C)(C)c4ccc5c(c4)CC(c4ccccc4)CC5)cc3)cc2N1c1ccccc1. The topological polar surface area (TPSA) is 3.24 Å². The Hall–Kier alpha value is -4.62. The number of rotatable bonds is 6. The Labute approximate surface area is 277 Å². The largest absolute Gasteiger partial charge is 0.314 e. The van der Waals surface area contributed by atoms with E-state index in [1.54, 1.807) is 0 Å². The highest BCUT2D eigenvalue weighted by Crippen LogP contribution is 2.44. The van der Waals surface area contributed by atoms with E-state index < -0.39 is 0 Å². The first-order chi connectivity index (χ1) is 22.2. The van der Waals surface area contributed by atoms with E-state index in [1.165, 1.54) is 68.7 Å². The third-order valence-corrected chi connectivity index (χ3v) is 10.5. The molecule has 1 aliphatic heterocycles. The number of benzene rings is 5. The van der Waals surface area contributed by atoms with Gasteiger partial charge in [-0.15, -0.1) is 13.2 Å². The Morgan fingerprint density at radius 3 is 1.72 bits per heavy atom. The van der Waals surface area contributed by atoms with Crippen LogP contribution >= 0.6 is 0 Å². The first-order valence-corrected chi connectivity index (χ1v) is 16.7. The van der Waals surface area contributed by atoms with Crippen molar-refractivity contribution in [1.29, 1.82) is 0 Å². The zero-order valence-electron chi connectivity index (χ0n) is 28.0. The van der Waals surface area contributed by atoms with Crippen LogP contribution in [0.4, 0.5) is 11.4 Å². The van der Waals surface area contributed by atoms with Gasteiger partial charge in [0.1, 0.15) is 0 Å². The number of hydrogen-bond donors (Lipinski definition) is 0. The minimum absolute atomic E-state index is 0.0818. The molecule has 0 aromatic heterocycles. The van der Waals surface area contributed by atoms with Crippen molar-refractivity contribution in [3.05, 3.63) is 191 Å². The van der Waals surface area contributed by atoms with Crippen molar-refractivity contribution in [1.82, 2.24) is 0 Å². The summed E-state index contributed by atoms with van der Waals surface area (Å²) in [6, 6.07) is 45.4. The second-order valence-electron chi connectivity index (χ2n) is 13.9. The summed E-state index contributed by atoms with van der Waals surface area (Å²) in [7, 11) is 0. The molecule has 0 fully saturated rings. The Morgan fingerprint density at radius 1 is 0.587 bits per heavy atom. The van der Waals surface area contributed by atoms with Gasteiger partial charge in [-0.25, -0.2) is 0 Å². The maximum Gasteiger partial charge on any atom is 0.0497 e. The summed E-state index contributed by atoms with van der Waals surface area (Å²) in [4.78, 5) is 2.32. The molecule has 7 rings (SSSR count). The molecule has 46 heavy (non-hydrogen) atoms. The monoisotopic (exact) mass is 601 g/mol. The van der Waals surface area contributed by atoms with Crippen LogP contribution in [0.1, 0.15) is 84.5 Å². The summed E-state index contributed by atoms with van der Waals surface area (Å²) in [6.45, 7) is 19.8. The number of hydrogen-bond acceptors (Lipinski definition) is 1. The van der Waals surface area contributed by atoms with Crippen LogP contribution in [0.15, 0.2) is 147 Å². The van der Waals surface area contributed by atoms with Crippen LogP contribution in [0, 0.1) is 0 Å². The summed E-state index contributed by atoms with van der Waals surface area (Å²) < 4.78 is 0. The minimum atomic E-state index is -0.137. The fraction of sp³-hybridized carbons (Fsp3) is 0.244. The smallest absolute Gasteiger partial charge is 0.0497 e. The van der Waals surface area contributed by atoms with E-state index >= 15 is 0 Å². The molecule has 1 nitrogen and oxygen atoms in total. The van der Waals surface area contributed by atoms with Crippen LogP contribution in [0.2, 0.25) is 0 Å². The fourth-order valence-electron chi connectivity index (χ4n) is 7.47. The number of aryl methyl sites for hydroxylation is 1. The molecule has 0 bridgehead atoms. The first kappa shape index (κ1) is 31.4. The maximum atomic E-state index is 4.40. The number of allylic oxidation sites excluding steroid dienone is 1. The van der Waals surface area contributed by atoms with Crippen LogP contribution < -0.4 is 4.90 Å². The third-order valence-electron chi connectivity index (χ3n) is 10.5. The lowest BCUT2D eigenvalue weighted by molar-refractivity contribution is 0.579. The predicted octanol–water partition coefficient (Wildman–Crippen LogP) is 11.6. The van der Waals surface area contributed by atoms with Gasteiger partial charge in [-0.2, -0.15) is 0 Å². The second kappa shape index (κ2) is 12.6. The van der Waals surface area contributed by atoms with Crippen molar-refractivity contribution in [2.24, 2.45) is 0 Å². The molecule has 1 unspecified atom stereocenters. The van der Waals surface area contributed by atoms with E-state index in [-0.39, 0.29) is 10.8 Å². The molecule has 1 heteroatoms. The summed E-state index contributed by atoms with van der Waals surface area (Å²) in [5.74, 6) is 0.612. The maximum absolute atomic E-state index is 4.40. The van der Waals surface area contributed by atoms with E-state index in [9.17, 15) is 0 Å². The van der Waals surface area contributed by atoms with E-state index in [4.69, 9.17) is 0 Å². The van der Waals surface area contributed by atoms with Crippen molar-refractivity contribution in [3.8, 4) is 0 Å². The third kappa shape index (κ3) is 5.76. The lowest BCUT2D eigenvalue weighted by atomic mass is 9.73. The van der Waals surface area contributed by atoms with Gasteiger partial charge in [0.25, 0.3) is 0 Å². The van der Waals surface area contributed by atoms with Gasteiger partial charge in [0.15, 0.2) is 0 Å². The fourth-order valence-corrected chi connectivity index (χ4v) is 7.47. The zero-order chi connectivity index (χ0) is 32.5. The molecule has 2 aliphatic rings. The van der Waals surface area contributed by atoms with Gasteiger partial charge in [-0.05, 0) is 87.9 Å². The van der Waals surface area contributed by atoms with Crippen LogP contribution in [-0.4, -0.2) is 0 Å². The molecule has 0 spiro atoms.